The average molecular weight is 497 g/mol. The highest BCUT2D eigenvalue weighted by molar-refractivity contribution is 7.89. The quantitative estimate of drug-likeness (QED) is 0.442. The Morgan fingerprint density at radius 2 is 1.74 bits per heavy atom. The van der Waals surface area contributed by atoms with Crippen molar-refractivity contribution in [2.24, 2.45) is 0 Å². The highest BCUT2D eigenvalue weighted by Gasteiger charge is 2.14. The lowest BCUT2D eigenvalue weighted by Gasteiger charge is -2.17. The third-order valence-electron chi connectivity index (χ3n) is 5.18. The van der Waals surface area contributed by atoms with Gasteiger partial charge in [0.15, 0.2) is 0 Å². The predicted molar refractivity (Wildman–Crippen MR) is 133 cm³/mol. The topological polar surface area (TPSA) is 118 Å². The summed E-state index contributed by atoms with van der Waals surface area (Å²) >= 11 is 0. The first kappa shape index (κ1) is 25.9. The Hall–Kier alpha value is -3.76. The number of amides is 2. The van der Waals surface area contributed by atoms with Crippen LogP contribution in [0.5, 0.6) is 5.75 Å². The van der Waals surface area contributed by atoms with Crippen molar-refractivity contribution in [3.05, 3.63) is 84.2 Å². The van der Waals surface area contributed by atoms with Crippen molar-refractivity contribution in [3.63, 3.8) is 0 Å². The largest absolute Gasteiger partial charge is 0.415 e. The van der Waals surface area contributed by atoms with Gasteiger partial charge in [-0.05, 0) is 74.4 Å². The van der Waals surface area contributed by atoms with Crippen molar-refractivity contribution in [2.75, 3.05) is 25.0 Å². The summed E-state index contributed by atoms with van der Waals surface area (Å²) in [6.45, 7) is 5.03. The monoisotopic (exact) mass is 496 g/mol. The Kier molecular flexibility index (Phi) is 8.93. The zero-order valence-corrected chi connectivity index (χ0v) is 20.4. The van der Waals surface area contributed by atoms with Crippen molar-refractivity contribution in [1.82, 2.24) is 14.6 Å². The summed E-state index contributed by atoms with van der Waals surface area (Å²) in [7, 11) is -3.63. The van der Waals surface area contributed by atoms with Crippen molar-refractivity contribution in [1.29, 1.82) is 0 Å². The number of ether oxygens (including phenoxy) is 1. The highest BCUT2D eigenvalue weighted by Crippen LogP contribution is 2.17. The molecule has 1 heterocycles. The first-order chi connectivity index (χ1) is 16.8. The Bertz CT molecular complexity index is 1240. The molecule has 0 aliphatic carbocycles. The molecule has 0 radical (unpaired) electrons. The summed E-state index contributed by atoms with van der Waals surface area (Å²) in [6, 6.07) is 16.5. The molecule has 0 spiro atoms. The van der Waals surface area contributed by atoms with E-state index in [4.69, 9.17) is 4.74 Å². The van der Waals surface area contributed by atoms with Crippen LogP contribution >= 0.6 is 0 Å². The van der Waals surface area contributed by atoms with Crippen LogP contribution in [0.15, 0.2) is 78.0 Å². The van der Waals surface area contributed by atoms with Crippen LogP contribution in [0, 0.1) is 0 Å². The van der Waals surface area contributed by atoms with Gasteiger partial charge in [-0.2, -0.15) is 0 Å². The molecule has 0 aliphatic rings. The standard InChI is InChI=1S/C25H28N4O5S/c1-3-29(4-2)25(31)34-22-12-10-20(11-13-22)24(30)28-21-8-5-7-19(17-21)14-16-27-35(32,33)23-9-6-15-26-18-23/h5-13,15,17-18,27H,3-4,14,16H2,1-2H3,(H,28,30). The number of carbonyl (C=O) groups is 2. The van der Waals surface area contributed by atoms with E-state index < -0.39 is 16.1 Å². The van der Waals surface area contributed by atoms with Gasteiger partial charge in [0.1, 0.15) is 10.6 Å². The van der Waals surface area contributed by atoms with Crippen LogP contribution in [0.25, 0.3) is 0 Å². The van der Waals surface area contributed by atoms with Crippen LogP contribution in [0.4, 0.5) is 10.5 Å². The van der Waals surface area contributed by atoms with Gasteiger partial charge < -0.3 is 15.0 Å². The van der Waals surface area contributed by atoms with Gasteiger partial charge in [0, 0.05) is 43.3 Å². The number of pyridine rings is 1. The summed E-state index contributed by atoms with van der Waals surface area (Å²) in [5.41, 5.74) is 1.84. The molecule has 9 nitrogen and oxygen atoms in total. The lowest BCUT2D eigenvalue weighted by Crippen LogP contribution is -2.33. The lowest BCUT2D eigenvalue weighted by molar-refractivity contribution is 0.102. The van der Waals surface area contributed by atoms with Gasteiger partial charge in [-0.15, -0.1) is 0 Å². The van der Waals surface area contributed by atoms with E-state index in [1.807, 2.05) is 19.9 Å². The van der Waals surface area contributed by atoms with E-state index in [2.05, 4.69) is 15.0 Å². The molecule has 2 N–H and O–H groups in total. The third-order valence-corrected chi connectivity index (χ3v) is 6.62. The summed E-state index contributed by atoms with van der Waals surface area (Å²) < 4.78 is 32.5. The average Bonchev–Trinajstić information content (AvgIpc) is 2.86. The Morgan fingerprint density at radius 3 is 2.40 bits per heavy atom. The molecule has 0 bridgehead atoms. The molecule has 0 saturated heterocycles. The van der Waals surface area contributed by atoms with E-state index in [1.54, 1.807) is 53.4 Å². The van der Waals surface area contributed by atoms with Gasteiger partial charge >= 0.3 is 6.09 Å². The van der Waals surface area contributed by atoms with Crippen molar-refractivity contribution < 1.29 is 22.7 Å². The highest BCUT2D eigenvalue weighted by atomic mass is 32.2. The molecule has 2 amide bonds. The van der Waals surface area contributed by atoms with E-state index in [0.717, 1.165) is 5.56 Å². The van der Waals surface area contributed by atoms with Crippen LogP contribution in [0.3, 0.4) is 0 Å². The molecule has 1 aromatic heterocycles. The summed E-state index contributed by atoms with van der Waals surface area (Å²) in [5, 5.41) is 2.83. The van der Waals surface area contributed by atoms with E-state index in [1.165, 1.54) is 18.5 Å². The molecular weight excluding hydrogens is 468 g/mol. The van der Waals surface area contributed by atoms with Crippen molar-refractivity contribution >= 4 is 27.7 Å². The van der Waals surface area contributed by atoms with E-state index in [-0.39, 0.29) is 17.3 Å². The number of nitrogens with zero attached hydrogens (tertiary/aromatic N) is 2. The number of rotatable bonds is 10. The summed E-state index contributed by atoms with van der Waals surface area (Å²) in [6.07, 6.45) is 2.80. The second-order valence-corrected chi connectivity index (χ2v) is 9.32. The SMILES string of the molecule is CCN(CC)C(=O)Oc1ccc(C(=O)Nc2cccc(CCNS(=O)(=O)c3cccnc3)c2)cc1. The molecule has 0 fully saturated rings. The number of aromatic nitrogens is 1. The first-order valence-corrected chi connectivity index (χ1v) is 12.7. The second kappa shape index (κ2) is 12.1. The maximum Gasteiger partial charge on any atom is 0.415 e. The minimum absolute atomic E-state index is 0.106. The number of anilines is 1. The van der Waals surface area contributed by atoms with Gasteiger partial charge in [0.25, 0.3) is 5.91 Å². The maximum absolute atomic E-state index is 12.6. The number of sulfonamides is 1. The fourth-order valence-corrected chi connectivity index (χ4v) is 4.24. The first-order valence-electron chi connectivity index (χ1n) is 11.2. The van der Waals surface area contributed by atoms with Crippen LogP contribution < -0.4 is 14.8 Å². The molecule has 2 aromatic carbocycles. The predicted octanol–water partition coefficient (Wildman–Crippen LogP) is 3.70. The number of hydrogen-bond acceptors (Lipinski definition) is 6. The number of carbonyl (C=O) groups excluding carboxylic acids is 2. The molecule has 3 aromatic rings. The van der Waals surface area contributed by atoms with E-state index >= 15 is 0 Å². The Labute approximate surface area is 205 Å². The third kappa shape index (κ3) is 7.36. The molecule has 10 heteroatoms. The molecule has 0 aliphatic heterocycles. The van der Waals surface area contributed by atoms with E-state index in [0.29, 0.717) is 36.5 Å². The molecule has 3 rings (SSSR count). The lowest BCUT2D eigenvalue weighted by atomic mass is 10.1. The Morgan fingerprint density at radius 1 is 1.00 bits per heavy atom. The number of hydrogen-bond donors (Lipinski definition) is 2. The minimum atomic E-state index is -3.63. The summed E-state index contributed by atoms with van der Waals surface area (Å²) in [4.78, 5) is 30.2. The molecular formula is C25H28N4O5S. The molecule has 184 valence electrons. The van der Waals surface area contributed by atoms with E-state index in [9.17, 15) is 18.0 Å². The fourth-order valence-electron chi connectivity index (χ4n) is 3.25. The van der Waals surface area contributed by atoms with Crippen LogP contribution in [-0.4, -0.2) is 49.9 Å². The maximum atomic E-state index is 12.6. The van der Waals surface area contributed by atoms with Gasteiger partial charge in [-0.25, -0.2) is 17.9 Å². The zero-order chi connectivity index (χ0) is 25.3. The van der Waals surface area contributed by atoms with Gasteiger partial charge in [-0.3, -0.25) is 9.78 Å². The van der Waals surface area contributed by atoms with Crippen molar-refractivity contribution in [2.45, 2.75) is 25.2 Å². The van der Waals surface area contributed by atoms with Crippen LogP contribution in [0.2, 0.25) is 0 Å². The van der Waals surface area contributed by atoms with Crippen LogP contribution in [-0.2, 0) is 16.4 Å². The van der Waals surface area contributed by atoms with Gasteiger partial charge in [-0.1, -0.05) is 12.1 Å². The second-order valence-electron chi connectivity index (χ2n) is 7.56. The normalized spacial score (nSPS) is 11.0. The zero-order valence-electron chi connectivity index (χ0n) is 19.6. The molecule has 0 unspecified atom stereocenters. The molecule has 0 atom stereocenters. The molecule has 35 heavy (non-hydrogen) atoms. The minimum Gasteiger partial charge on any atom is -0.410 e. The fraction of sp³-hybridized carbons (Fsp3) is 0.240. The summed E-state index contributed by atoms with van der Waals surface area (Å²) in [5.74, 6) is 0.0373. The number of benzene rings is 2. The van der Waals surface area contributed by atoms with Crippen molar-refractivity contribution in [3.8, 4) is 5.75 Å². The number of nitrogens with one attached hydrogen (secondary N) is 2. The van der Waals surface area contributed by atoms with Gasteiger partial charge in [0.2, 0.25) is 10.0 Å². The van der Waals surface area contributed by atoms with Crippen LogP contribution in [0.1, 0.15) is 29.8 Å². The molecule has 0 saturated carbocycles. The van der Waals surface area contributed by atoms with Gasteiger partial charge in [0.05, 0.1) is 0 Å². The Balaban J connectivity index is 1.55. The smallest absolute Gasteiger partial charge is 0.410 e.